The molecule has 6 nitrogen and oxygen atoms in total. The van der Waals surface area contributed by atoms with E-state index in [9.17, 15) is 14.4 Å². The van der Waals surface area contributed by atoms with E-state index < -0.39 is 5.92 Å². The first-order chi connectivity index (χ1) is 7.70. The van der Waals surface area contributed by atoms with Gasteiger partial charge < -0.3 is 0 Å². The highest BCUT2D eigenvalue weighted by molar-refractivity contribution is 6.00. The minimum absolute atomic E-state index is 0.0797. The number of aromatic nitrogens is 2. The van der Waals surface area contributed by atoms with Gasteiger partial charge in [0, 0.05) is 24.4 Å². The highest BCUT2D eigenvalue weighted by Gasteiger charge is 2.28. The fourth-order valence-corrected chi connectivity index (χ4v) is 1.60. The smallest absolute Gasteiger partial charge is 0.234 e. The normalized spacial score (nSPS) is 20.4. The van der Waals surface area contributed by atoms with Crippen molar-refractivity contribution < 1.29 is 14.4 Å². The fourth-order valence-electron chi connectivity index (χ4n) is 1.60. The minimum atomic E-state index is -0.404. The molecule has 6 heteroatoms. The largest absolute Gasteiger partial charge is 0.296 e. The second-order valence-electron chi connectivity index (χ2n) is 3.50. The van der Waals surface area contributed by atoms with Gasteiger partial charge in [0.1, 0.15) is 0 Å². The Morgan fingerprint density at radius 1 is 1.31 bits per heavy atom. The molecule has 0 bridgehead atoms. The molecule has 1 aromatic rings. The van der Waals surface area contributed by atoms with Gasteiger partial charge in [0.05, 0.1) is 5.92 Å². The average molecular weight is 219 g/mol. The van der Waals surface area contributed by atoms with Gasteiger partial charge in [-0.05, 0) is 6.42 Å². The molecule has 1 fully saturated rings. The van der Waals surface area contributed by atoms with Crippen LogP contribution in [0.1, 0.15) is 34.9 Å². The van der Waals surface area contributed by atoms with E-state index in [1.165, 1.54) is 12.4 Å². The van der Waals surface area contributed by atoms with Crippen LogP contribution >= 0.6 is 0 Å². The number of hydrogen-bond acceptors (Lipinski definition) is 5. The van der Waals surface area contributed by atoms with Crippen LogP contribution in [0.15, 0.2) is 12.4 Å². The van der Waals surface area contributed by atoms with Crippen molar-refractivity contribution in [3.05, 3.63) is 23.8 Å². The van der Waals surface area contributed by atoms with Gasteiger partial charge in [0.15, 0.2) is 12.1 Å². The third-order valence-corrected chi connectivity index (χ3v) is 2.44. The van der Waals surface area contributed by atoms with E-state index in [4.69, 9.17) is 0 Å². The molecule has 16 heavy (non-hydrogen) atoms. The summed E-state index contributed by atoms with van der Waals surface area (Å²) in [7, 11) is 0. The molecule has 1 aliphatic heterocycles. The standard InChI is InChI=1S/C10H9N3O3/c14-5-8-11-3-6(4-12-8)7-1-2-9(15)13-10(7)16/h3-5,7H,1-2H2,(H,13,15,16). The zero-order chi connectivity index (χ0) is 11.5. The zero-order valence-electron chi connectivity index (χ0n) is 8.34. The van der Waals surface area contributed by atoms with E-state index in [-0.39, 0.29) is 17.6 Å². The molecule has 1 saturated heterocycles. The number of carbonyl (C=O) groups excluding carboxylic acids is 3. The van der Waals surface area contributed by atoms with Gasteiger partial charge >= 0.3 is 0 Å². The minimum Gasteiger partial charge on any atom is -0.296 e. The monoisotopic (exact) mass is 219 g/mol. The van der Waals surface area contributed by atoms with Gasteiger partial charge in [0.2, 0.25) is 11.8 Å². The van der Waals surface area contributed by atoms with E-state index in [1.54, 1.807) is 0 Å². The summed E-state index contributed by atoms with van der Waals surface area (Å²) in [6, 6.07) is 0. The molecular weight excluding hydrogens is 210 g/mol. The molecule has 2 amide bonds. The Morgan fingerprint density at radius 2 is 2.00 bits per heavy atom. The quantitative estimate of drug-likeness (QED) is 0.550. The van der Waals surface area contributed by atoms with Crippen molar-refractivity contribution in [2.24, 2.45) is 0 Å². The summed E-state index contributed by atoms with van der Waals surface area (Å²) in [5.74, 6) is -0.917. The summed E-state index contributed by atoms with van der Waals surface area (Å²) in [6.07, 6.45) is 4.18. The number of rotatable bonds is 2. The number of piperidine rings is 1. The third-order valence-electron chi connectivity index (χ3n) is 2.44. The molecule has 1 unspecified atom stereocenters. The zero-order valence-corrected chi connectivity index (χ0v) is 8.34. The maximum absolute atomic E-state index is 11.5. The number of imide groups is 1. The van der Waals surface area contributed by atoms with Crippen LogP contribution in [0.5, 0.6) is 0 Å². The fraction of sp³-hybridized carbons (Fsp3) is 0.300. The Labute approximate surface area is 91.1 Å². The molecule has 82 valence electrons. The van der Waals surface area contributed by atoms with Gasteiger partial charge in [-0.2, -0.15) is 0 Å². The summed E-state index contributed by atoms with van der Waals surface area (Å²) < 4.78 is 0. The molecule has 0 aromatic carbocycles. The molecular formula is C10H9N3O3. The first-order valence-electron chi connectivity index (χ1n) is 4.81. The van der Waals surface area contributed by atoms with Crippen LogP contribution in [0.4, 0.5) is 0 Å². The van der Waals surface area contributed by atoms with E-state index >= 15 is 0 Å². The van der Waals surface area contributed by atoms with Crippen molar-refractivity contribution in [3.63, 3.8) is 0 Å². The van der Waals surface area contributed by atoms with Crippen LogP contribution in [0, 0.1) is 0 Å². The predicted molar refractivity (Wildman–Crippen MR) is 52.5 cm³/mol. The van der Waals surface area contributed by atoms with E-state index in [0.29, 0.717) is 24.7 Å². The topological polar surface area (TPSA) is 89.0 Å². The van der Waals surface area contributed by atoms with Gasteiger partial charge in [-0.3, -0.25) is 19.7 Å². The van der Waals surface area contributed by atoms with E-state index in [1.807, 2.05) is 0 Å². The average Bonchev–Trinajstić information content (AvgIpc) is 2.29. The molecule has 0 aliphatic carbocycles. The SMILES string of the molecule is O=Cc1ncc(C2CCC(=O)NC2=O)cn1. The predicted octanol–water partition coefficient (Wildman–Crippen LogP) is -0.191. The number of hydrogen-bond donors (Lipinski definition) is 1. The van der Waals surface area contributed by atoms with Crippen LogP contribution in [-0.4, -0.2) is 28.1 Å². The Hall–Kier alpha value is -2.11. The van der Waals surface area contributed by atoms with Crippen LogP contribution in [-0.2, 0) is 9.59 Å². The summed E-state index contributed by atoms with van der Waals surface area (Å²) >= 11 is 0. The molecule has 1 N–H and O–H groups in total. The summed E-state index contributed by atoms with van der Waals surface area (Å²) in [5, 5.41) is 2.25. The molecule has 0 radical (unpaired) electrons. The second-order valence-corrected chi connectivity index (χ2v) is 3.50. The number of nitrogens with zero attached hydrogens (tertiary/aromatic N) is 2. The molecule has 2 heterocycles. The van der Waals surface area contributed by atoms with Crippen molar-refractivity contribution in [1.82, 2.24) is 15.3 Å². The summed E-state index contributed by atoms with van der Waals surface area (Å²) in [6.45, 7) is 0. The van der Waals surface area contributed by atoms with Crippen LogP contribution < -0.4 is 5.32 Å². The Kier molecular flexibility index (Phi) is 2.72. The number of amides is 2. The number of carbonyl (C=O) groups is 3. The lowest BCUT2D eigenvalue weighted by Crippen LogP contribution is -2.39. The van der Waals surface area contributed by atoms with E-state index in [0.717, 1.165) is 0 Å². The van der Waals surface area contributed by atoms with Gasteiger partial charge in [-0.1, -0.05) is 0 Å². The van der Waals surface area contributed by atoms with Gasteiger partial charge in [-0.25, -0.2) is 9.97 Å². The van der Waals surface area contributed by atoms with Crippen molar-refractivity contribution in [3.8, 4) is 0 Å². The van der Waals surface area contributed by atoms with Crippen molar-refractivity contribution >= 4 is 18.1 Å². The molecule has 1 atom stereocenters. The highest BCUT2D eigenvalue weighted by Crippen LogP contribution is 2.23. The molecule has 2 rings (SSSR count). The summed E-state index contributed by atoms with van der Waals surface area (Å²) in [5.41, 5.74) is 0.621. The lowest BCUT2D eigenvalue weighted by Gasteiger charge is -2.20. The van der Waals surface area contributed by atoms with Gasteiger partial charge in [0.25, 0.3) is 0 Å². The maximum Gasteiger partial charge on any atom is 0.234 e. The van der Waals surface area contributed by atoms with Crippen molar-refractivity contribution in [1.29, 1.82) is 0 Å². The molecule has 0 spiro atoms. The first-order valence-corrected chi connectivity index (χ1v) is 4.81. The Balaban J connectivity index is 2.20. The second kappa shape index (κ2) is 4.18. The highest BCUT2D eigenvalue weighted by atomic mass is 16.2. The van der Waals surface area contributed by atoms with Crippen molar-refractivity contribution in [2.75, 3.05) is 0 Å². The molecule has 1 aromatic heterocycles. The Morgan fingerprint density at radius 3 is 2.56 bits per heavy atom. The lowest BCUT2D eigenvalue weighted by atomic mass is 9.92. The van der Waals surface area contributed by atoms with Gasteiger partial charge in [-0.15, -0.1) is 0 Å². The first kappa shape index (κ1) is 10.4. The van der Waals surface area contributed by atoms with Crippen molar-refractivity contribution in [2.45, 2.75) is 18.8 Å². The van der Waals surface area contributed by atoms with E-state index in [2.05, 4.69) is 15.3 Å². The number of nitrogens with one attached hydrogen (secondary N) is 1. The molecule has 0 saturated carbocycles. The summed E-state index contributed by atoms with van der Waals surface area (Å²) in [4.78, 5) is 40.4. The number of aldehydes is 1. The lowest BCUT2D eigenvalue weighted by molar-refractivity contribution is -0.134. The Bertz CT molecular complexity index is 441. The van der Waals surface area contributed by atoms with Crippen LogP contribution in [0.25, 0.3) is 0 Å². The molecule has 1 aliphatic rings. The van der Waals surface area contributed by atoms with Crippen LogP contribution in [0.3, 0.4) is 0 Å². The van der Waals surface area contributed by atoms with Crippen LogP contribution in [0.2, 0.25) is 0 Å². The third kappa shape index (κ3) is 1.95. The maximum atomic E-state index is 11.5.